The molecule has 2 aromatic heterocycles. The smallest absolute Gasteiger partial charge is 0.303 e. The molecule has 1 fully saturated rings. The number of piperidine rings is 1. The van der Waals surface area contributed by atoms with Crippen molar-refractivity contribution in [1.82, 2.24) is 9.88 Å². The van der Waals surface area contributed by atoms with Crippen LogP contribution < -0.4 is 4.74 Å². The van der Waals surface area contributed by atoms with Gasteiger partial charge in [-0.05, 0) is 79.6 Å². The van der Waals surface area contributed by atoms with E-state index in [0.717, 1.165) is 50.8 Å². The fourth-order valence-electron chi connectivity index (χ4n) is 4.85. The van der Waals surface area contributed by atoms with Gasteiger partial charge in [-0.15, -0.1) is 11.3 Å². The van der Waals surface area contributed by atoms with Gasteiger partial charge in [0.25, 0.3) is 0 Å². The number of ether oxygens (including phenoxy) is 1. The van der Waals surface area contributed by atoms with Gasteiger partial charge in [-0.3, -0.25) is 14.7 Å². The Morgan fingerprint density at radius 2 is 2.17 bits per heavy atom. The molecular weight excluding hydrogens is 484 g/mol. The van der Waals surface area contributed by atoms with Crippen LogP contribution in [0.2, 0.25) is 4.34 Å². The number of hydrogen-bond acceptors (Lipinski definition) is 6. The second-order valence-corrected chi connectivity index (χ2v) is 10.6. The summed E-state index contributed by atoms with van der Waals surface area (Å²) in [7, 11) is 1.62. The van der Waals surface area contributed by atoms with Crippen molar-refractivity contribution in [3.63, 3.8) is 0 Å². The monoisotopic (exact) mass is 512 g/mol. The number of carboxylic acid groups (broad SMARTS) is 1. The zero-order chi connectivity index (χ0) is 24.8. The Labute approximate surface area is 214 Å². The molecule has 6 nitrogen and oxygen atoms in total. The van der Waals surface area contributed by atoms with Gasteiger partial charge in [0.1, 0.15) is 5.75 Å². The summed E-state index contributed by atoms with van der Waals surface area (Å²) in [5.74, 6) is 6.54. The Kier molecular flexibility index (Phi) is 8.64. The van der Waals surface area contributed by atoms with E-state index in [0.29, 0.717) is 19.5 Å². The van der Waals surface area contributed by atoms with Crippen molar-refractivity contribution in [2.24, 2.45) is 11.8 Å². The third kappa shape index (κ3) is 6.74. The molecule has 0 saturated carbocycles. The SMILES string of the molecule is COc1ccc2nccc(C(O)CC[C@@H]3CCN(CC#Cc4ccc(Cl)s4)C[C@@H]3CC(=O)O)c2c1. The average Bonchev–Trinajstić information content (AvgIpc) is 3.27. The number of carboxylic acids is 1. The van der Waals surface area contributed by atoms with E-state index in [9.17, 15) is 15.0 Å². The highest BCUT2D eigenvalue weighted by Crippen LogP contribution is 2.34. The molecule has 1 aliphatic rings. The summed E-state index contributed by atoms with van der Waals surface area (Å²) in [5, 5.41) is 21.4. The van der Waals surface area contributed by atoms with Crippen molar-refractivity contribution >= 4 is 39.8 Å². The summed E-state index contributed by atoms with van der Waals surface area (Å²) in [5.41, 5.74) is 1.63. The molecule has 35 heavy (non-hydrogen) atoms. The quantitative estimate of drug-likeness (QED) is 0.402. The zero-order valence-corrected chi connectivity index (χ0v) is 21.2. The van der Waals surface area contributed by atoms with E-state index in [4.69, 9.17) is 16.3 Å². The Balaban J connectivity index is 1.39. The molecule has 1 unspecified atom stereocenters. The minimum atomic E-state index is -0.783. The van der Waals surface area contributed by atoms with Crippen molar-refractivity contribution in [2.75, 3.05) is 26.7 Å². The lowest BCUT2D eigenvalue weighted by atomic mass is 9.79. The maximum absolute atomic E-state index is 11.6. The van der Waals surface area contributed by atoms with E-state index >= 15 is 0 Å². The van der Waals surface area contributed by atoms with Gasteiger partial charge < -0.3 is 14.9 Å². The summed E-state index contributed by atoms with van der Waals surface area (Å²) in [6.45, 7) is 2.17. The van der Waals surface area contributed by atoms with Crippen LogP contribution in [0, 0.1) is 23.7 Å². The number of aliphatic carboxylic acids is 1. The number of likely N-dealkylation sites (tertiary alicyclic amines) is 1. The van der Waals surface area contributed by atoms with Crippen molar-refractivity contribution in [3.05, 3.63) is 57.4 Å². The molecule has 3 aromatic rings. The Bertz CT molecular complexity index is 1230. The first-order valence-electron chi connectivity index (χ1n) is 11.7. The van der Waals surface area contributed by atoms with Crippen LogP contribution in [-0.4, -0.2) is 52.8 Å². The Morgan fingerprint density at radius 1 is 1.31 bits per heavy atom. The first kappa shape index (κ1) is 25.5. The van der Waals surface area contributed by atoms with Gasteiger partial charge in [0, 0.05) is 24.5 Å². The Morgan fingerprint density at radius 3 is 2.91 bits per heavy atom. The summed E-state index contributed by atoms with van der Waals surface area (Å²) < 4.78 is 6.06. The number of pyridine rings is 1. The van der Waals surface area contributed by atoms with Crippen molar-refractivity contribution in [3.8, 4) is 17.6 Å². The minimum Gasteiger partial charge on any atom is -0.497 e. The molecule has 184 valence electrons. The molecule has 0 spiro atoms. The highest BCUT2D eigenvalue weighted by Gasteiger charge is 2.31. The lowest BCUT2D eigenvalue weighted by Crippen LogP contribution is -2.41. The van der Waals surface area contributed by atoms with Crippen LogP contribution in [0.4, 0.5) is 0 Å². The van der Waals surface area contributed by atoms with Gasteiger partial charge in [-0.1, -0.05) is 23.4 Å². The molecule has 0 radical (unpaired) electrons. The van der Waals surface area contributed by atoms with E-state index in [1.54, 1.807) is 13.3 Å². The molecule has 3 heterocycles. The number of methoxy groups -OCH3 is 1. The molecule has 0 aliphatic carbocycles. The van der Waals surface area contributed by atoms with E-state index < -0.39 is 12.1 Å². The van der Waals surface area contributed by atoms with Crippen molar-refractivity contribution < 1.29 is 19.7 Å². The van der Waals surface area contributed by atoms with E-state index in [-0.39, 0.29) is 18.3 Å². The second-order valence-electron chi connectivity index (χ2n) is 8.92. The summed E-state index contributed by atoms with van der Waals surface area (Å²) in [4.78, 5) is 19.1. The number of benzene rings is 1. The van der Waals surface area contributed by atoms with Gasteiger partial charge >= 0.3 is 5.97 Å². The van der Waals surface area contributed by atoms with Crippen LogP contribution in [0.1, 0.15) is 42.2 Å². The topological polar surface area (TPSA) is 82.9 Å². The average molecular weight is 513 g/mol. The van der Waals surface area contributed by atoms with Crippen LogP contribution in [0.15, 0.2) is 42.6 Å². The minimum absolute atomic E-state index is 0.0284. The summed E-state index contributed by atoms with van der Waals surface area (Å²) in [6, 6.07) is 11.2. The first-order chi connectivity index (χ1) is 16.9. The normalized spacial score (nSPS) is 19.2. The number of aliphatic hydroxyl groups is 1. The Hall–Kier alpha value is -2.63. The summed E-state index contributed by atoms with van der Waals surface area (Å²) in [6.07, 6.45) is 3.41. The predicted molar refractivity (Wildman–Crippen MR) is 139 cm³/mol. The third-order valence-electron chi connectivity index (χ3n) is 6.65. The number of aromatic nitrogens is 1. The number of thiophene rings is 1. The number of hydrogen-bond donors (Lipinski definition) is 2. The third-order valence-corrected chi connectivity index (χ3v) is 7.80. The molecule has 8 heteroatoms. The number of rotatable bonds is 8. The molecule has 0 bridgehead atoms. The number of halogens is 1. The fraction of sp³-hybridized carbons (Fsp3) is 0.407. The van der Waals surface area contributed by atoms with Gasteiger partial charge in [0.05, 0.1) is 34.5 Å². The lowest BCUT2D eigenvalue weighted by Gasteiger charge is -2.37. The highest BCUT2D eigenvalue weighted by atomic mass is 35.5. The number of fused-ring (bicyclic) bond motifs is 1. The number of carbonyl (C=O) groups is 1. The van der Waals surface area contributed by atoms with Crippen LogP contribution in [0.3, 0.4) is 0 Å². The van der Waals surface area contributed by atoms with E-state index in [2.05, 4.69) is 21.7 Å². The van der Waals surface area contributed by atoms with Crippen molar-refractivity contribution in [2.45, 2.75) is 31.8 Å². The fourth-order valence-corrected chi connectivity index (χ4v) is 5.76. The van der Waals surface area contributed by atoms with Crippen LogP contribution >= 0.6 is 22.9 Å². The highest BCUT2D eigenvalue weighted by molar-refractivity contribution is 7.16. The molecular formula is C27H29ClN2O4S. The largest absolute Gasteiger partial charge is 0.497 e. The summed E-state index contributed by atoms with van der Waals surface area (Å²) >= 11 is 7.42. The number of nitrogens with zero attached hydrogens (tertiary/aromatic N) is 2. The lowest BCUT2D eigenvalue weighted by molar-refractivity contribution is -0.139. The van der Waals surface area contributed by atoms with Crippen LogP contribution in [0.5, 0.6) is 5.75 Å². The second kappa shape index (κ2) is 11.9. The molecule has 4 rings (SSSR count). The first-order valence-corrected chi connectivity index (χ1v) is 12.9. The van der Waals surface area contributed by atoms with Crippen molar-refractivity contribution in [1.29, 1.82) is 0 Å². The van der Waals surface area contributed by atoms with E-state index in [1.165, 1.54) is 11.3 Å². The zero-order valence-electron chi connectivity index (χ0n) is 19.6. The van der Waals surface area contributed by atoms with Crippen LogP contribution in [0.25, 0.3) is 10.9 Å². The predicted octanol–water partition coefficient (Wildman–Crippen LogP) is 5.24. The van der Waals surface area contributed by atoms with Gasteiger partial charge in [-0.25, -0.2) is 0 Å². The van der Waals surface area contributed by atoms with Gasteiger partial charge in [-0.2, -0.15) is 0 Å². The molecule has 1 aromatic carbocycles. The van der Waals surface area contributed by atoms with Gasteiger partial charge in [0.15, 0.2) is 0 Å². The maximum Gasteiger partial charge on any atom is 0.303 e. The van der Waals surface area contributed by atoms with Crippen LogP contribution in [-0.2, 0) is 4.79 Å². The van der Waals surface area contributed by atoms with E-state index in [1.807, 2.05) is 36.4 Å². The maximum atomic E-state index is 11.6. The standard InChI is InChI=1S/C27H29ClN2O4S/c1-34-20-5-7-24-23(16-20)22(10-12-29-24)25(31)8-4-18-11-14-30(17-19(18)15-27(32)33)13-2-3-21-6-9-26(28)35-21/h5-7,9-10,12,16,18-19,25,31H,4,8,11,13-15,17H2,1H3,(H,32,33)/t18-,19+,25?/m1/s1. The molecule has 1 saturated heterocycles. The molecule has 1 aliphatic heterocycles. The van der Waals surface area contributed by atoms with Gasteiger partial charge in [0.2, 0.25) is 0 Å². The number of aliphatic hydroxyl groups excluding tert-OH is 1. The molecule has 3 atom stereocenters. The molecule has 2 N–H and O–H groups in total. The molecule has 0 amide bonds.